The molecule has 73 heavy (non-hydrogen) atoms. The van der Waals surface area contributed by atoms with Crippen molar-refractivity contribution in [3.8, 4) is 5.75 Å². The molecule has 0 aliphatic carbocycles. The number of nitrogens with two attached hydrogens (primary N) is 10. The molecular weight excluding hydrogens is 971 g/mol. The number of rotatable bonds is 23. The Hall–Kier alpha value is -10.6. The second-order valence-electron chi connectivity index (χ2n) is 14.6. The number of carbonyl (C=O) groups excluding carboxylic acids is 6. The largest absolute Gasteiger partial charge is 0.505 e. The molecule has 0 spiro atoms. The third kappa shape index (κ3) is 15.0. The maximum absolute atomic E-state index is 14.3. The summed E-state index contributed by atoms with van der Waals surface area (Å²) in [5.41, 5.74) is 55.9. The molecule has 35 heteroatoms. The third-order valence-corrected chi connectivity index (χ3v) is 9.45. The van der Waals surface area contributed by atoms with Crippen LogP contribution in [-0.4, -0.2) is 116 Å². The molecule has 6 unspecified atom stereocenters. The Balaban J connectivity index is 1.71. The van der Waals surface area contributed by atoms with Gasteiger partial charge >= 0.3 is 0 Å². The van der Waals surface area contributed by atoms with Crippen LogP contribution in [0.2, 0.25) is 0 Å². The van der Waals surface area contributed by atoms with E-state index in [1.807, 2.05) is 21.4 Å². The van der Waals surface area contributed by atoms with E-state index >= 15 is 0 Å². The second kappa shape index (κ2) is 24.6. The van der Waals surface area contributed by atoms with Gasteiger partial charge in [0.05, 0.1) is 21.8 Å². The number of fused-ring (bicyclic) bond motifs is 1. The van der Waals surface area contributed by atoms with Crippen molar-refractivity contribution in [1.82, 2.24) is 31.6 Å². The zero-order valence-corrected chi connectivity index (χ0v) is 37.5. The lowest BCUT2D eigenvalue weighted by Crippen LogP contribution is -2.58. The molecule has 1 heterocycles. The molecule has 6 atom stereocenters. The number of phenols is 1. The van der Waals surface area contributed by atoms with E-state index in [0.717, 1.165) is 17.0 Å². The predicted molar refractivity (Wildman–Crippen MR) is 258 cm³/mol. The standard InChI is InChI=1S/C38H49N23O12/c39-21-17-7-4-10-49-18(17)8-9-20(21)60(13-15-11-16(61(70)71)12-19(23(15)62)59-73-72)34(69)33(68)50-22(14-5-2-1-3-6-14)29(64)52-26(56-36(43)44)31(66)54-28(58-38(47)48)32(67)53-27(57-37(45)46)30(65)51-25(24(40)63)55-35(41)42/h1-12,22,25-28,34,59,62,69,72H,13,39H2,(H2,40,63)(H,50,68)(H,51,65)(H,52,64)(H,53,67)(H,54,66)(H4,41,42,55)(H4,43,44,56)(H4,45,46,57)(H4,47,48,58). The molecule has 0 aliphatic heterocycles. The highest BCUT2D eigenvalue weighted by molar-refractivity contribution is 6.01. The normalized spacial score (nSPS) is 13.1. The maximum atomic E-state index is 14.3. The minimum Gasteiger partial charge on any atom is -0.505 e. The summed E-state index contributed by atoms with van der Waals surface area (Å²) in [6, 6.07) is 12.9. The first-order valence-corrected chi connectivity index (χ1v) is 20.3. The molecule has 29 N–H and O–H groups in total. The Bertz CT molecular complexity index is 2850. The summed E-state index contributed by atoms with van der Waals surface area (Å²) in [7, 11) is 0. The summed E-state index contributed by atoms with van der Waals surface area (Å²) in [4.78, 5) is 115. The van der Waals surface area contributed by atoms with Gasteiger partial charge in [-0.05, 0) is 29.8 Å². The average molecular weight is 1020 g/mol. The molecule has 1 aromatic heterocycles. The number of benzene rings is 3. The number of nitrogen functional groups attached to an aromatic ring is 1. The van der Waals surface area contributed by atoms with Gasteiger partial charge in [-0.3, -0.25) is 43.9 Å². The number of primary amides is 1. The highest BCUT2D eigenvalue weighted by Gasteiger charge is 2.36. The number of aromatic hydroxyl groups is 1. The van der Waals surface area contributed by atoms with Gasteiger partial charge in [0.15, 0.2) is 23.8 Å². The highest BCUT2D eigenvalue weighted by Crippen LogP contribution is 2.37. The van der Waals surface area contributed by atoms with Crippen LogP contribution in [0.3, 0.4) is 0 Å². The van der Waals surface area contributed by atoms with Gasteiger partial charge in [-0.1, -0.05) is 30.3 Å². The number of nitrogens with zero attached hydrogens (tertiary/aromatic N) is 7. The molecule has 3 aromatic carbocycles. The van der Waals surface area contributed by atoms with E-state index in [4.69, 9.17) is 62.6 Å². The zero-order valence-electron chi connectivity index (χ0n) is 37.5. The molecule has 0 saturated carbocycles. The number of non-ortho nitro benzene ring substituents is 1. The number of nitro benzene ring substituents is 1. The molecule has 35 nitrogen and oxygen atoms in total. The van der Waals surface area contributed by atoms with Crippen LogP contribution in [0.25, 0.3) is 10.9 Å². The van der Waals surface area contributed by atoms with Crippen LogP contribution >= 0.6 is 0 Å². The predicted octanol–water partition coefficient (Wildman–Crippen LogP) is -7.22. The summed E-state index contributed by atoms with van der Waals surface area (Å²) in [5.74, 6) is -12.1. The molecular formula is C38H49N23O12. The van der Waals surface area contributed by atoms with E-state index in [1.165, 1.54) is 54.7 Å². The first-order chi connectivity index (χ1) is 34.4. The van der Waals surface area contributed by atoms with Gasteiger partial charge in [0.2, 0.25) is 36.8 Å². The number of phenolic OH excluding ortho intramolecular Hbond substituents is 1. The van der Waals surface area contributed by atoms with E-state index in [1.54, 1.807) is 6.07 Å². The monoisotopic (exact) mass is 1020 g/mol. The lowest BCUT2D eigenvalue weighted by atomic mass is 10.1. The van der Waals surface area contributed by atoms with E-state index < -0.39 is 125 Å². The smallest absolute Gasteiger partial charge is 0.272 e. The van der Waals surface area contributed by atoms with Crippen LogP contribution in [0.5, 0.6) is 5.75 Å². The number of amides is 6. The average Bonchev–Trinajstić information content (AvgIpc) is 3.32. The van der Waals surface area contributed by atoms with Gasteiger partial charge < -0.3 is 99.0 Å². The Morgan fingerprint density at radius 3 is 1.68 bits per heavy atom. The van der Waals surface area contributed by atoms with Crippen LogP contribution in [0.1, 0.15) is 17.2 Å². The Morgan fingerprint density at radius 1 is 0.685 bits per heavy atom. The summed E-state index contributed by atoms with van der Waals surface area (Å²) >= 11 is 0. The molecule has 4 rings (SSSR count). The molecule has 4 aromatic rings. The van der Waals surface area contributed by atoms with Crippen molar-refractivity contribution in [2.45, 2.75) is 43.5 Å². The molecule has 0 bridgehead atoms. The number of guanidine groups is 4. The van der Waals surface area contributed by atoms with Crippen molar-refractivity contribution in [2.75, 3.05) is 16.1 Å². The number of aliphatic imine (C=N–C) groups is 4. The van der Waals surface area contributed by atoms with Crippen molar-refractivity contribution >= 4 is 92.9 Å². The van der Waals surface area contributed by atoms with Crippen LogP contribution in [0, 0.1) is 10.1 Å². The summed E-state index contributed by atoms with van der Waals surface area (Å²) in [6.45, 7) is -0.749. The van der Waals surface area contributed by atoms with Crippen LogP contribution in [0.15, 0.2) is 92.9 Å². The van der Waals surface area contributed by atoms with Crippen molar-refractivity contribution in [3.05, 3.63) is 94.2 Å². The first-order valence-electron chi connectivity index (χ1n) is 20.3. The number of aliphatic hydroxyl groups is 1. The van der Waals surface area contributed by atoms with E-state index in [-0.39, 0.29) is 22.5 Å². The number of hydrogen-bond donors (Lipinski definition) is 19. The number of carbonyl (C=O) groups is 6. The van der Waals surface area contributed by atoms with Gasteiger partial charge in [0.1, 0.15) is 17.5 Å². The number of nitro groups is 1. The SMILES string of the molecule is NC(=O)C(N=C(N)N)NC(=O)C(N=C(N)N)NC(=O)C(N=C(N)N)NC(=O)C(N=C(N)N)NC(=O)C(NC(=O)C(O)N(Cc1cc([N+](=O)[O-])cc(NOO)c1O)c1ccc2ncccc2c1N)c1ccccc1. The number of nitrogens with one attached hydrogen (secondary N) is 6. The number of pyridine rings is 1. The van der Waals surface area contributed by atoms with Crippen LogP contribution in [0.4, 0.5) is 22.7 Å². The lowest BCUT2D eigenvalue weighted by molar-refractivity contribution is -0.384. The van der Waals surface area contributed by atoms with Crippen molar-refractivity contribution < 1.29 is 54.1 Å². The topological polar surface area (TPSA) is 613 Å². The second-order valence-corrected chi connectivity index (χ2v) is 14.6. The summed E-state index contributed by atoms with van der Waals surface area (Å²) < 4.78 is 0. The molecule has 0 aliphatic rings. The number of anilines is 3. The fourth-order valence-electron chi connectivity index (χ4n) is 6.33. The fraction of sp³-hybridized carbons (Fsp3) is 0.184. The molecule has 0 fully saturated rings. The van der Waals surface area contributed by atoms with Crippen LogP contribution in [-0.2, 0) is 40.3 Å². The minimum atomic E-state index is -2.40. The number of aliphatic hydroxyl groups excluding tert-OH is 1. The summed E-state index contributed by atoms with van der Waals surface area (Å²) in [5, 5.41) is 54.8. The molecule has 6 amide bonds. The quantitative estimate of drug-likeness (QED) is 0.00480. The van der Waals surface area contributed by atoms with Gasteiger partial charge in [-0.15, -0.1) is 4.99 Å². The van der Waals surface area contributed by atoms with Gasteiger partial charge in [0.25, 0.3) is 35.2 Å². The van der Waals surface area contributed by atoms with E-state index in [0.29, 0.717) is 10.9 Å². The molecule has 0 radical (unpaired) electrons. The van der Waals surface area contributed by atoms with Crippen LogP contribution < -0.4 is 94.3 Å². The molecule has 0 saturated heterocycles. The fourth-order valence-corrected chi connectivity index (χ4v) is 6.33. The van der Waals surface area contributed by atoms with Gasteiger partial charge in [-0.2, -0.15) is 0 Å². The Morgan fingerprint density at radius 2 is 1.19 bits per heavy atom. The highest BCUT2D eigenvalue weighted by atomic mass is 17.2. The lowest BCUT2D eigenvalue weighted by Gasteiger charge is -2.32. The third-order valence-electron chi connectivity index (χ3n) is 9.45. The number of aromatic nitrogens is 1. The zero-order chi connectivity index (χ0) is 54.3. The number of hydrogen-bond acceptors (Lipinski definition) is 20. The Kier molecular flexibility index (Phi) is 18.6. The maximum Gasteiger partial charge on any atom is 0.272 e. The van der Waals surface area contributed by atoms with Gasteiger partial charge in [-0.25, -0.2) is 30.7 Å². The van der Waals surface area contributed by atoms with Crippen molar-refractivity contribution in [1.29, 1.82) is 0 Å². The molecule has 388 valence electrons. The van der Waals surface area contributed by atoms with Crippen molar-refractivity contribution in [2.24, 2.45) is 71.6 Å². The van der Waals surface area contributed by atoms with Gasteiger partial charge in [0, 0.05) is 35.8 Å². The first kappa shape index (κ1) is 55.0. The van der Waals surface area contributed by atoms with Crippen molar-refractivity contribution in [3.63, 3.8) is 0 Å². The van der Waals surface area contributed by atoms with E-state index in [9.17, 15) is 49.1 Å². The van der Waals surface area contributed by atoms with E-state index in [2.05, 4.69) is 40.6 Å². The summed E-state index contributed by atoms with van der Waals surface area (Å²) in [6.07, 6.45) is -9.39. The Labute approximate surface area is 409 Å². The minimum absolute atomic E-state index is 0.00326.